The Morgan fingerprint density at radius 2 is 2.62 bits per heavy atom. The van der Waals surface area contributed by atoms with Crippen LogP contribution in [0.1, 0.15) is 13.3 Å². The lowest BCUT2D eigenvalue weighted by molar-refractivity contribution is 0.383. The van der Waals surface area contributed by atoms with Crippen LogP contribution >= 0.6 is 11.3 Å². The van der Waals surface area contributed by atoms with E-state index in [9.17, 15) is 0 Å². The fourth-order valence-electron chi connectivity index (χ4n) is 1.75. The van der Waals surface area contributed by atoms with Crippen LogP contribution in [0.15, 0.2) is 10.9 Å². The highest BCUT2D eigenvalue weighted by Crippen LogP contribution is 2.31. The molecular weight excluding hydrogens is 182 g/mol. The second kappa shape index (κ2) is 3.27. The SMILES string of the molecule is CC1(CN)CCN(c2cscn2)C1. The molecule has 0 spiro atoms. The van der Waals surface area contributed by atoms with Gasteiger partial charge in [-0.3, -0.25) is 0 Å². The average Bonchev–Trinajstić information content (AvgIpc) is 2.73. The molecule has 3 nitrogen and oxygen atoms in total. The molecule has 0 bridgehead atoms. The van der Waals surface area contributed by atoms with Gasteiger partial charge in [0.2, 0.25) is 0 Å². The van der Waals surface area contributed by atoms with Gasteiger partial charge in [-0.05, 0) is 18.4 Å². The third-order valence-electron chi connectivity index (χ3n) is 2.79. The molecule has 1 atom stereocenters. The van der Waals surface area contributed by atoms with Gasteiger partial charge in [0, 0.05) is 18.5 Å². The van der Waals surface area contributed by atoms with Crippen LogP contribution in [0.5, 0.6) is 0 Å². The number of anilines is 1. The minimum Gasteiger partial charge on any atom is -0.355 e. The van der Waals surface area contributed by atoms with Gasteiger partial charge in [-0.2, -0.15) is 0 Å². The molecule has 13 heavy (non-hydrogen) atoms. The summed E-state index contributed by atoms with van der Waals surface area (Å²) in [6.45, 7) is 5.16. The minimum absolute atomic E-state index is 0.295. The fraction of sp³-hybridized carbons (Fsp3) is 0.667. The highest BCUT2D eigenvalue weighted by Gasteiger charge is 2.32. The summed E-state index contributed by atoms with van der Waals surface area (Å²) in [6, 6.07) is 0. The Morgan fingerprint density at radius 3 is 3.15 bits per heavy atom. The van der Waals surface area contributed by atoms with E-state index in [1.807, 2.05) is 5.51 Å². The van der Waals surface area contributed by atoms with Crippen molar-refractivity contribution in [3.63, 3.8) is 0 Å². The maximum Gasteiger partial charge on any atom is 0.139 e. The highest BCUT2D eigenvalue weighted by atomic mass is 32.1. The van der Waals surface area contributed by atoms with Gasteiger partial charge in [0.1, 0.15) is 5.82 Å². The van der Waals surface area contributed by atoms with E-state index in [0.717, 1.165) is 25.5 Å². The summed E-state index contributed by atoms with van der Waals surface area (Å²) < 4.78 is 0. The van der Waals surface area contributed by atoms with Gasteiger partial charge in [-0.25, -0.2) is 4.98 Å². The van der Waals surface area contributed by atoms with Gasteiger partial charge < -0.3 is 10.6 Å². The van der Waals surface area contributed by atoms with Crippen LogP contribution in [-0.2, 0) is 0 Å². The van der Waals surface area contributed by atoms with Crippen LogP contribution in [0, 0.1) is 5.41 Å². The molecule has 2 heterocycles. The van der Waals surface area contributed by atoms with Crippen molar-refractivity contribution in [3.05, 3.63) is 10.9 Å². The van der Waals surface area contributed by atoms with E-state index in [2.05, 4.69) is 22.2 Å². The summed E-state index contributed by atoms with van der Waals surface area (Å²) in [5.41, 5.74) is 7.92. The number of hydrogen-bond donors (Lipinski definition) is 1. The zero-order valence-corrected chi connectivity index (χ0v) is 8.68. The van der Waals surface area contributed by atoms with Crippen molar-refractivity contribution in [3.8, 4) is 0 Å². The summed E-state index contributed by atoms with van der Waals surface area (Å²) in [5.74, 6) is 1.11. The van der Waals surface area contributed by atoms with E-state index in [1.165, 1.54) is 6.42 Å². The first-order valence-corrected chi connectivity index (χ1v) is 5.51. The molecule has 0 aromatic carbocycles. The lowest BCUT2D eigenvalue weighted by atomic mass is 9.90. The maximum absolute atomic E-state index is 5.74. The highest BCUT2D eigenvalue weighted by molar-refractivity contribution is 7.07. The minimum atomic E-state index is 0.295. The zero-order chi connectivity index (χ0) is 9.31. The Balaban J connectivity index is 2.07. The van der Waals surface area contributed by atoms with Crippen LogP contribution in [0.3, 0.4) is 0 Å². The van der Waals surface area contributed by atoms with E-state index in [1.54, 1.807) is 11.3 Å². The van der Waals surface area contributed by atoms with E-state index in [4.69, 9.17) is 5.73 Å². The molecule has 1 saturated heterocycles. The predicted molar refractivity (Wildman–Crippen MR) is 56.1 cm³/mol. The predicted octanol–water partition coefficient (Wildman–Crippen LogP) is 1.32. The van der Waals surface area contributed by atoms with E-state index in [-0.39, 0.29) is 0 Å². The fourth-order valence-corrected chi connectivity index (χ4v) is 2.31. The molecule has 1 unspecified atom stereocenters. The number of nitrogens with two attached hydrogens (primary N) is 1. The molecule has 4 heteroatoms. The standard InChI is InChI=1S/C9H15N3S/c1-9(5-10)2-3-12(6-9)8-4-13-7-11-8/h4,7H,2-3,5-6,10H2,1H3. The van der Waals surface area contributed by atoms with Gasteiger partial charge in [-0.15, -0.1) is 11.3 Å². The summed E-state index contributed by atoms with van der Waals surface area (Å²) in [4.78, 5) is 6.62. The van der Waals surface area contributed by atoms with Crippen molar-refractivity contribution in [1.29, 1.82) is 0 Å². The molecule has 0 aliphatic carbocycles. The molecular formula is C9H15N3S. The molecule has 1 aliphatic rings. The molecule has 1 aromatic heterocycles. The number of nitrogens with zero attached hydrogens (tertiary/aromatic N) is 2. The first kappa shape index (κ1) is 8.97. The number of rotatable bonds is 2. The third-order valence-corrected chi connectivity index (χ3v) is 3.37. The number of aromatic nitrogens is 1. The summed E-state index contributed by atoms with van der Waals surface area (Å²) in [5, 5.41) is 2.10. The Bertz CT molecular complexity index is 272. The zero-order valence-electron chi connectivity index (χ0n) is 7.86. The van der Waals surface area contributed by atoms with Crippen LogP contribution in [0.25, 0.3) is 0 Å². The first-order valence-electron chi connectivity index (χ1n) is 4.57. The number of thiazole rings is 1. The normalized spacial score (nSPS) is 28.3. The number of hydrogen-bond acceptors (Lipinski definition) is 4. The molecule has 1 fully saturated rings. The Hall–Kier alpha value is -0.610. The molecule has 0 saturated carbocycles. The van der Waals surface area contributed by atoms with E-state index >= 15 is 0 Å². The first-order chi connectivity index (χ1) is 6.23. The summed E-state index contributed by atoms with van der Waals surface area (Å²) in [6.07, 6.45) is 1.18. The van der Waals surface area contributed by atoms with Gasteiger partial charge in [0.25, 0.3) is 0 Å². The van der Waals surface area contributed by atoms with Gasteiger partial charge >= 0.3 is 0 Å². The second-order valence-corrected chi connectivity index (χ2v) is 4.75. The van der Waals surface area contributed by atoms with Crippen LogP contribution in [0.2, 0.25) is 0 Å². The van der Waals surface area contributed by atoms with Crippen molar-refractivity contribution in [2.75, 3.05) is 24.5 Å². The Labute approximate surface area is 82.6 Å². The van der Waals surface area contributed by atoms with Crippen LogP contribution < -0.4 is 10.6 Å². The van der Waals surface area contributed by atoms with Crippen molar-refractivity contribution in [2.24, 2.45) is 11.1 Å². The van der Waals surface area contributed by atoms with Crippen molar-refractivity contribution >= 4 is 17.2 Å². The maximum atomic E-state index is 5.74. The largest absolute Gasteiger partial charge is 0.355 e. The van der Waals surface area contributed by atoms with Gasteiger partial charge in [0.15, 0.2) is 0 Å². The molecule has 2 N–H and O–H groups in total. The van der Waals surface area contributed by atoms with Crippen molar-refractivity contribution in [1.82, 2.24) is 4.98 Å². The molecule has 0 amide bonds. The van der Waals surface area contributed by atoms with Crippen molar-refractivity contribution in [2.45, 2.75) is 13.3 Å². The lowest BCUT2D eigenvalue weighted by Gasteiger charge is -2.22. The topological polar surface area (TPSA) is 42.1 Å². The quantitative estimate of drug-likeness (QED) is 0.777. The molecule has 1 aliphatic heterocycles. The molecule has 1 aromatic rings. The molecule has 2 rings (SSSR count). The van der Waals surface area contributed by atoms with Crippen LogP contribution in [-0.4, -0.2) is 24.6 Å². The monoisotopic (exact) mass is 197 g/mol. The second-order valence-electron chi connectivity index (χ2n) is 4.03. The van der Waals surface area contributed by atoms with Crippen LogP contribution in [0.4, 0.5) is 5.82 Å². The third kappa shape index (κ3) is 1.69. The molecule has 0 radical (unpaired) electrons. The lowest BCUT2D eigenvalue weighted by Crippen LogP contribution is -2.31. The van der Waals surface area contributed by atoms with Gasteiger partial charge in [0.05, 0.1) is 5.51 Å². The van der Waals surface area contributed by atoms with Gasteiger partial charge in [-0.1, -0.05) is 6.92 Å². The van der Waals surface area contributed by atoms with E-state index < -0.39 is 0 Å². The van der Waals surface area contributed by atoms with Crippen molar-refractivity contribution < 1.29 is 0 Å². The Morgan fingerprint density at radius 1 is 1.77 bits per heavy atom. The summed E-state index contributed by atoms with van der Waals surface area (Å²) >= 11 is 1.65. The van der Waals surface area contributed by atoms with E-state index in [0.29, 0.717) is 5.41 Å². The average molecular weight is 197 g/mol. The smallest absolute Gasteiger partial charge is 0.139 e. The molecule has 72 valence electrons. The Kier molecular flexibility index (Phi) is 2.26. The summed E-state index contributed by atoms with van der Waals surface area (Å²) in [7, 11) is 0.